The molecule has 1 aromatic rings. The predicted octanol–water partition coefficient (Wildman–Crippen LogP) is 3.70. The Morgan fingerprint density at radius 2 is 2.00 bits per heavy atom. The van der Waals surface area contributed by atoms with Crippen LogP contribution in [0, 0.1) is 5.92 Å². The number of amides is 1. The summed E-state index contributed by atoms with van der Waals surface area (Å²) in [7, 11) is 0. The lowest BCUT2D eigenvalue weighted by molar-refractivity contribution is -0.121. The maximum Gasteiger partial charge on any atom is 0.220 e. The molecule has 1 aliphatic carbocycles. The third-order valence-electron chi connectivity index (χ3n) is 4.40. The standard InChI is InChI=1S/C17H22ClNO3/c18-14-9-13(10-15-17(14)22-8-7-21-15)11-19-16(20)6-5-12-3-1-2-4-12/h9-10,12H,1-8,11H2,(H,19,20). The van der Waals surface area contributed by atoms with Gasteiger partial charge in [-0.3, -0.25) is 4.79 Å². The summed E-state index contributed by atoms with van der Waals surface area (Å²) in [6, 6.07) is 3.71. The summed E-state index contributed by atoms with van der Waals surface area (Å²) in [6.45, 7) is 1.52. The first kappa shape index (κ1) is 15.5. The van der Waals surface area contributed by atoms with Gasteiger partial charge in [0.15, 0.2) is 11.5 Å². The monoisotopic (exact) mass is 323 g/mol. The van der Waals surface area contributed by atoms with Crippen LogP contribution < -0.4 is 14.8 Å². The van der Waals surface area contributed by atoms with Crippen LogP contribution in [0.2, 0.25) is 5.02 Å². The van der Waals surface area contributed by atoms with Crippen LogP contribution in [0.1, 0.15) is 44.1 Å². The highest BCUT2D eigenvalue weighted by Crippen LogP contribution is 2.38. The van der Waals surface area contributed by atoms with Gasteiger partial charge in [0.05, 0.1) is 5.02 Å². The molecule has 0 spiro atoms. The highest BCUT2D eigenvalue weighted by molar-refractivity contribution is 6.32. The number of benzene rings is 1. The first-order valence-corrected chi connectivity index (χ1v) is 8.45. The lowest BCUT2D eigenvalue weighted by Gasteiger charge is -2.20. The van der Waals surface area contributed by atoms with Crippen LogP contribution in [0.3, 0.4) is 0 Å². The van der Waals surface area contributed by atoms with E-state index in [-0.39, 0.29) is 5.91 Å². The van der Waals surface area contributed by atoms with E-state index in [0.717, 1.165) is 17.9 Å². The van der Waals surface area contributed by atoms with Gasteiger partial charge in [0.25, 0.3) is 0 Å². The molecular weight excluding hydrogens is 302 g/mol. The Balaban J connectivity index is 1.50. The van der Waals surface area contributed by atoms with Crippen molar-refractivity contribution >= 4 is 17.5 Å². The summed E-state index contributed by atoms with van der Waals surface area (Å²) < 4.78 is 11.0. The number of carbonyl (C=O) groups is 1. The van der Waals surface area contributed by atoms with E-state index in [2.05, 4.69) is 5.32 Å². The van der Waals surface area contributed by atoms with Crippen molar-refractivity contribution in [3.63, 3.8) is 0 Å². The fourth-order valence-electron chi connectivity index (χ4n) is 3.19. The van der Waals surface area contributed by atoms with Gasteiger partial charge in [-0.15, -0.1) is 0 Å². The Morgan fingerprint density at radius 3 is 2.82 bits per heavy atom. The minimum absolute atomic E-state index is 0.109. The molecule has 5 heteroatoms. The van der Waals surface area contributed by atoms with E-state index in [1.807, 2.05) is 12.1 Å². The van der Waals surface area contributed by atoms with Crippen LogP contribution in [0.15, 0.2) is 12.1 Å². The van der Waals surface area contributed by atoms with E-state index in [0.29, 0.717) is 42.7 Å². The molecule has 2 aliphatic rings. The first-order valence-electron chi connectivity index (χ1n) is 8.07. The van der Waals surface area contributed by atoms with Crippen LogP contribution in [0.25, 0.3) is 0 Å². The fraction of sp³-hybridized carbons (Fsp3) is 0.588. The number of ether oxygens (including phenoxy) is 2. The molecule has 0 unspecified atom stereocenters. The zero-order valence-electron chi connectivity index (χ0n) is 12.7. The summed E-state index contributed by atoms with van der Waals surface area (Å²) in [5.74, 6) is 2.12. The number of hydrogen-bond donors (Lipinski definition) is 1. The molecule has 0 aromatic heterocycles. The van der Waals surface area contributed by atoms with Gasteiger partial charge in [-0.2, -0.15) is 0 Å². The van der Waals surface area contributed by atoms with Crippen LogP contribution >= 0.6 is 11.6 Å². The van der Waals surface area contributed by atoms with Crippen molar-refractivity contribution in [3.8, 4) is 11.5 Å². The summed E-state index contributed by atoms with van der Waals surface area (Å²) in [6.07, 6.45) is 6.83. The second-order valence-electron chi connectivity index (χ2n) is 6.07. The van der Waals surface area contributed by atoms with Gasteiger partial charge in [-0.05, 0) is 30.0 Å². The van der Waals surface area contributed by atoms with Gasteiger partial charge in [0.2, 0.25) is 5.91 Å². The summed E-state index contributed by atoms with van der Waals surface area (Å²) in [5.41, 5.74) is 0.934. The van der Waals surface area contributed by atoms with E-state index in [1.165, 1.54) is 25.7 Å². The molecule has 0 bridgehead atoms. The van der Waals surface area contributed by atoms with Crippen molar-refractivity contribution in [3.05, 3.63) is 22.7 Å². The van der Waals surface area contributed by atoms with Crippen LogP contribution in [-0.4, -0.2) is 19.1 Å². The quantitative estimate of drug-likeness (QED) is 0.898. The van der Waals surface area contributed by atoms with E-state index in [9.17, 15) is 4.79 Å². The number of hydrogen-bond acceptors (Lipinski definition) is 3. The van der Waals surface area contributed by atoms with E-state index in [1.54, 1.807) is 0 Å². The summed E-state index contributed by atoms with van der Waals surface area (Å²) >= 11 is 6.19. The van der Waals surface area contributed by atoms with Crippen molar-refractivity contribution in [2.75, 3.05) is 13.2 Å². The number of rotatable bonds is 5. The van der Waals surface area contributed by atoms with Crippen molar-refractivity contribution < 1.29 is 14.3 Å². The van der Waals surface area contributed by atoms with Gasteiger partial charge in [0, 0.05) is 13.0 Å². The predicted molar refractivity (Wildman–Crippen MR) is 85.5 cm³/mol. The Bertz CT molecular complexity index is 541. The minimum atomic E-state index is 0.109. The smallest absolute Gasteiger partial charge is 0.220 e. The highest BCUT2D eigenvalue weighted by atomic mass is 35.5. The van der Waals surface area contributed by atoms with Crippen molar-refractivity contribution in [1.82, 2.24) is 5.32 Å². The van der Waals surface area contributed by atoms with Crippen molar-refractivity contribution in [2.24, 2.45) is 5.92 Å². The molecule has 22 heavy (non-hydrogen) atoms. The molecule has 0 saturated heterocycles. The molecule has 1 heterocycles. The van der Waals surface area contributed by atoms with Crippen LogP contribution in [-0.2, 0) is 11.3 Å². The van der Waals surface area contributed by atoms with Gasteiger partial charge in [0.1, 0.15) is 13.2 Å². The van der Waals surface area contributed by atoms with E-state index >= 15 is 0 Å². The molecular formula is C17H22ClNO3. The molecule has 1 N–H and O–H groups in total. The van der Waals surface area contributed by atoms with Crippen molar-refractivity contribution in [2.45, 2.75) is 45.1 Å². The molecule has 4 nitrogen and oxygen atoms in total. The molecule has 0 radical (unpaired) electrons. The fourth-order valence-corrected chi connectivity index (χ4v) is 3.48. The van der Waals surface area contributed by atoms with Crippen molar-refractivity contribution in [1.29, 1.82) is 0 Å². The van der Waals surface area contributed by atoms with Gasteiger partial charge in [-0.1, -0.05) is 37.3 Å². The Kier molecular flexibility index (Phi) is 5.08. The number of carbonyl (C=O) groups excluding carboxylic acids is 1. The van der Waals surface area contributed by atoms with Gasteiger partial charge in [-0.25, -0.2) is 0 Å². The second kappa shape index (κ2) is 7.23. The molecule has 1 fully saturated rings. The molecule has 120 valence electrons. The number of halogens is 1. The zero-order valence-corrected chi connectivity index (χ0v) is 13.5. The molecule has 1 aliphatic heterocycles. The minimum Gasteiger partial charge on any atom is -0.486 e. The average molecular weight is 324 g/mol. The lowest BCUT2D eigenvalue weighted by Crippen LogP contribution is -2.23. The maximum absolute atomic E-state index is 11.9. The van der Waals surface area contributed by atoms with Crippen LogP contribution in [0.4, 0.5) is 0 Å². The van der Waals surface area contributed by atoms with E-state index in [4.69, 9.17) is 21.1 Å². The molecule has 1 saturated carbocycles. The zero-order chi connectivity index (χ0) is 15.4. The van der Waals surface area contributed by atoms with Gasteiger partial charge < -0.3 is 14.8 Å². The normalized spacial score (nSPS) is 17.5. The summed E-state index contributed by atoms with van der Waals surface area (Å²) in [4.78, 5) is 11.9. The third kappa shape index (κ3) is 3.86. The largest absolute Gasteiger partial charge is 0.486 e. The Morgan fingerprint density at radius 1 is 1.23 bits per heavy atom. The number of fused-ring (bicyclic) bond motifs is 1. The molecule has 0 atom stereocenters. The van der Waals surface area contributed by atoms with E-state index < -0.39 is 0 Å². The average Bonchev–Trinajstić information content (AvgIpc) is 3.04. The summed E-state index contributed by atoms with van der Waals surface area (Å²) in [5, 5.41) is 3.50. The number of nitrogens with one attached hydrogen (secondary N) is 1. The molecule has 1 aromatic carbocycles. The van der Waals surface area contributed by atoms with Gasteiger partial charge >= 0.3 is 0 Å². The Hall–Kier alpha value is -1.42. The Labute approximate surface area is 136 Å². The third-order valence-corrected chi connectivity index (χ3v) is 4.68. The maximum atomic E-state index is 11.9. The second-order valence-corrected chi connectivity index (χ2v) is 6.47. The van der Waals surface area contributed by atoms with Crippen LogP contribution in [0.5, 0.6) is 11.5 Å². The SMILES string of the molecule is O=C(CCC1CCCC1)NCc1cc(Cl)c2c(c1)OCCO2. The molecule has 1 amide bonds. The lowest BCUT2D eigenvalue weighted by atomic mass is 10.0. The highest BCUT2D eigenvalue weighted by Gasteiger charge is 2.18. The first-order chi connectivity index (χ1) is 10.7. The topological polar surface area (TPSA) is 47.6 Å². The molecule has 3 rings (SSSR count).